The predicted molar refractivity (Wildman–Crippen MR) is 62.5 cm³/mol. The third-order valence-electron chi connectivity index (χ3n) is 3.07. The van der Waals surface area contributed by atoms with E-state index in [2.05, 4.69) is 39.9 Å². The van der Waals surface area contributed by atoms with Gasteiger partial charge in [0.1, 0.15) is 0 Å². The molecule has 3 unspecified atom stereocenters. The average Bonchev–Trinajstić information content (AvgIpc) is 2.13. The normalized spacial score (nSPS) is 18.2. The fraction of sp³-hybridized carbons (Fsp3) is 1.00. The van der Waals surface area contributed by atoms with Gasteiger partial charge in [-0.15, -0.1) is 0 Å². The Kier molecular flexibility index (Phi) is 7.20. The first-order valence-electron chi connectivity index (χ1n) is 5.71. The van der Waals surface area contributed by atoms with Crippen molar-refractivity contribution >= 4 is 0 Å². The van der Waals surface area contributed by atoms with Crippen LogP contribution in [0, 0.1) is 17.8 Å². The molecule has 2 nitrogen and oxygen atoms in total. The van der Waals surface area contributed by atoms with Gasteiger partial charge in [-0.3, -0.25) is 0 Å². The summed E-state index contributed by atoms with van der Waals surface area (Å²) in [5.41, 5.74) is 0. The summed E-state index contributed by atoms with van der Waals surface area (Å²) in [6.07, 6.45) is 0. The summed E-state index contributed by atoms with van der Waals surface area (Å²) in [6.45, 7) is 13.2. The molecule has 0 rings (SSSR count). The minimum Gasteiger partial charge on any atom is -0.384 e. The number of hydrogen-bond acceptors (Lipinski definition) is 2. The summed E-state index contributed by atoms with van der Waals surface area (Å²) >= 11 is 0. The van der Waals surface area contributed by atoms with Crippen LogP contribution in [0.4, 0.5) is 0 Å². The largest absolute Gasteiger partial charge is 0.384 e. The van der Waals surface area contributed by atoms with Crippen molar-refractivity contribution in [2.75, 3.05) is 20.3 Å². The second-order valence-electron chi connectivity index (χ2n) is 4.83. The van der Waals surface area contributed by atoms with Crippen LogP contribution in [-0.4, -0.2) is 26.3 Å². The lowest BCUT2D eigenvalue weighted by molar-refractivity contribution is 0.115. The number of methoxy groups -OCH3 is 1. The van der Waals surface area contributed by atoms with E-state index in [-0.39, 0.29) is 0 Å². The highest BCUT2D eigenvalue weighted by molar-refractivity contribution is 4.70. The highest BCUT2D eigenvalue weighted by Crippen LogP contribution is 2.20. The minimum absolute atomic E-state index is 0.586. The van der Waals surface area contributed by atoms with E-state index in [0.29, 0.717) is 23.8 Å². The molecule has 0 heterocycles. The molecule has 0 amide bonds. The Labute approximate surface area is 89.4 Å². The second-order valence-corrected chi connectivity index (χ2v) is 4.83. The quantitative estimate of drug-likeness (QED) is 0.683. The molecule has 3 atom stereocenters. The fourth-order valence-corrected chi connectivity index (χ4v) is 1.58. The second kappa shape index (κ2) is 7.24. The van der Waals surface area contributed by atoms with Gasteiger partial charge in [-0.25, -0.2) is 0 Å². The van der Waals surface area contributed by atoms with E-state index < -0.39 is 0 Å². The zero-order valence-corrected chi connectivity index (χ0v) is 10.6. The van der Waals surface area contributed by atoms with Crippen LogP contribution >= 0.6 is 0 Å². The Morgan fingerprint density at radius 2 is 1.57 bits per heavy atom. The van der Waals surface area contributed by atoms with Crippen molar-refractivity contribution < 1.29 is 4.74 Å². The van der Waals surface area contributed by atoms with Crippen molar-refractivity contribution in [3.05, 3.63) is 0 Å². The molecule has 0 saturated heterocycles. The van der Waals surface area contributed by atoms with Crippen LogP contribution in [0.2, 0.25) is 0 Å². The van der Waals surface area contributed by atoms with Gasteiger partial charge in [0.25, 0.3) is 0 Å². The molecule has 0 aliphatic rings. The van der Waals surface area contributed by atoms with Gasteiger partial charge in [0, 0.05) is 19.8 Å². The molecule has 2 heteroatoms. The van der Waals surface area contributed by atoms with E-state index in [4.69, 9.17) is 4.74 Å². The first-order valence-corrected chi connectivity index (χ1v) is 5.71. The summed E-state index contributed by atoms with van der Waals surface area (Å²) < 4.78 is 5.18. The van der Waals surface area contributed by atoms with Gasteiger partial charge in [-0.1, -0.05) is 34.6 Å². The molecule has 0 aliphatic carbocycles. The van der Waals surface area contributed by atoms with Gasteiger partial charge < -0.3 is 10.1 Å². The molecule has 0 aromatic heterocycles. The zero-order chi connectivity index (χ0) is 11.1. The van der Waals surface area contributed by atoms with Crippen molar-refractivity contribution in [3.63, 3.8) is 0 Å². The van der Waals surface area contributed by atoms with Crippen LogP contribution in [0.25, 0.3) is 0 Å². The Morgan fingerprint density at radius 1 is 1.00 bits per heavy atom. The highest BCUT2D eigenvalue weighted by Gasteiger charge is 2.18. The first-order chi connectivity index (χ1) is 6.49. The van der Waals surface area contributed by atoms with Gasteiger partial charge in [0.2, 0.25) is 0 Å². The van der Waals surface area contributed by atoms with Gasteiger partial charge >= 0.3 is 0 Å². The molecule has 1 N–H and O–H groups in total. The van der Waals surface area contributed by atoms with E-state index in [1.54, 1.807) is 7.11 Å². The molecule has 0 spiro atoms. The molecule has 0 radical (unpaired) electrons. The number of nitrogens with one attached hydrogen (secondary N) is 1. The van der Waals surface area contributed by atoms with E-state index in [1.165, 1.54) is 0 Å². The standard InChI is InChI=1S/C12H27NO/c1-9(2)13-7-10(3)12(5)11(4)8-14-6/h9-13H,7-8H2,1-6H3. The Bertz CT molecular complexity index is 136. The van der Waals surface area contributed by atoms with Crippen molar-refractivity contribution in [3.8, 4) is 0 Å². The summed E-state index contributed by atoms with van der Waals surface area (Å²) in [4.78, 5) is 0. The van der Waals surface area contributed by atoms with Crippen LogP contribution in [0.3, 0.4) is 0 Å². The lowest BCUT2D eigenvalue weighted by atomic mass is 9.85. The molecule has 0 saturated carbocycles. The van der Waals surface area contributed by atoms with E-state index in [0.717, 1.165) is 13.2 Å². The maximum absolute atomic E-state index is 5.18. The zero-order valence-electron chi connectivity index (χ0n) is 10.6. The van der Waals surface area contributed by atoms with Crippen molar-refractivity contribution in [1.29, 1.82) is 0 Å². The maximum atomic E-state index is 5.18. The Hall–Kier alpha value is -0.0800. The Balaban J connectivity index is 3.79. The van der Waals surface area contributed by atoms with E-state index >= 15 is 0 Å². The average molecular weight is 201 g/mol. The number of hydrogen-bond donors (Lipinski definition) is 1. The molecular formula is C12H27NO. The SMILES string of the molecule is COCC(C)C(C)C(C)CNC(C)C. The van der Waals surface area contributed by atoms with Crippen LogP contribution in [0.5, 0.6) is 0 Å². The molecule has 0 fully saturated rings. The summed E-state index contributed by atoms with van der Waals surface area (Å²) in [6, 6.07) is 0.586. The summed E-state index contributed by atoms with van der Waals surface area (Å²) in [5, 5.41) is 3.48. The monoisotopic (exact) mass is 201 g/mol. The summed E-state index contributed by atoms with van der Waals surface area (Å²) in [5.74, 6) is 2.06. The molecule has 0 aromatic carbocycles. The molecule has 0 aromatic rings. The van der Waals surface area contributed by atoms with Gasteiger partial charge in [0.15, 0.2) is 0 Å². The fourth-order valence-electron chi connectivity index (χ4n) is 1.58. The maximum Gasteiger partial charge on any atom is 0.0490 e. The minimum atomic E-state index is 0.586. The highest BCUT2D eigenvalue weighted by atomic mass is 16.5. The van der Waals surface area contributed by atoms with Crippen molar-refractivity contribution in [1.82, 2.24) is 5.32 Å². The molecular weight excluding hydrogens is 174 g/mol. The number of ether oxygens (including phenoxy) is 1. The van der Waals surface area contributed by atoms with Crippen LogP contribution in [-0.2, 0) is 4.74 Å². The van der Waals surface area contributed by atoms with Gasteiger partial charge in [-0.05, 0) is 24.3 Å². The lowest BCUT2D eigenvalue weighted by Gasteiger charge is -2.26. The van der Waals surface area contributed by atoms with E-state index in [1.807, 2.05) is 0 Å². The molecule has 0 aliphatic heterocycles. The van der Waals surface area contributed by atoms with Crippen molar-refractivity contribution in [2.45, 2.75) is 40.7 Å². The van der Waals surface area contributed by atoms with Crippen LogP contribution in [0.1, 0.15) is 34.6 Å². The lowest BCUT2D eigenvalue weighted by Crippen LogP contribution is -2.33. The predicted octanol–water partition coefficient (Wildman–Crippen LogP) is 2.54. The molecule has 14 heavy (non-hydrogen) atoms. The van der Waals surface area contributed by atoms with Crippen LogP contribution < -0.4 is 5.32 Å². The first kappa shape index (κ1) is 13.9. The third kappa shape index (κ3) is 5.61. The number of rotatable bonds is 7. The van der Waals surface area contributed by atoms with Gasteiger partial charge in [-0.2, -0.15) is 0 Å². The smallest absolute Gasteiger partial charge is 0.0490 e. The third-order valence-corrected chi connectivity index (χ3v) is 3.07. The topological polar surface area (TPSA) is 21.3 Å². The Morgan fingerprint density at radius 3 is 2.00 bits per heavy atom. The van der Waals surface area contributed by atoms with Gasteiger partial charge in [0.05, 0.1) is 0 Å². The summed E-state index contributed by atoms with van der Waals surface area (Å²) in [7, 11) is 1.78. The van der Waals surface area contributed by atoms with E-state index in [9.17, 15) is 0 Å². The molecule has 0 bridgehead atoms. The van der Waals surface area contributed by atoms with Crippen LogP contribution in [0.15, 0.2) is 0 Å². The van der Waals surface area contributed by atoms with Crippen molar-refractivity contribution in [2.24, 2.45) is 17.8 Å². The molecule has 86 valence electrons.